The van der Waals surface area contributed by atoms with Gasteiger partial charge in [0.25, 0.3) is 0 Å². The van der Waals surface area contributed by atoms with Gasteiger partial charge in [-0.1, -0.05) is 0 Å². The zero-order valence-electron chi connectivity index (χ0n) is 8.00. The molecule has 1 heterocycles. The molecule has 74 valence electrons. The number of halogens is 1. The van der Waals surface area contributed by atoms with Crippen molar-refractivity contribution in [1.29, 1.82) is 0 Å². The summed E-state index contributed by atoms with van der Waals surface area (Å²) in [6.45, 7) is 0. The maximum atomic E-state index is 6.37. The zero-order chi connectivity index (χ0) is 9.80. The molecule has 0 aromatic heterocycles. The second-order valence-electron chi connectivity index (χ2n) is 3.44. The van der Waals surface area contributed by atoms with E-state index in [1.165, 1.54) is 34.6 Å². The Morgan fingerprint density at radius 2 is 2.00 bits per heavy atom. The molecule has 1 fully saturated rings. The first-order chi connectivity index (χ1) is 6.88. The van der Waals surface area contributed by atoms with Crippen LogP contribution in [0.3, 0.4) is 0 Å². The number of benzene rings is 1. The van der Waals surface area contributed by atoms with Crippen molar-refractivity contribution in [3.8, 4) is 0 Å². The van der Waals surface area contributed by atoms with E-state index in [4.69, 9.17) is 11.6 Å². The maximum absolute atomic E-state index is 6.37. The van der Waals surface area contributed by atoms with Gasteiger partial charge in [-0.25, -0.2) is 0 Å². The Balaban J connectivity index is 2.25. The van der Waals surface area contributed by atoms with Gasteiger partial charge in [-0.2, -0.15) is 0 Å². The number of rotatable bonds is 1. The van der Waals surface area contributed by atoms with Crippen LogP contribution < -0.4 is 0 Å². The van der Waals surface area contributed by atoms with E-state index in [9.17, 15) is 0 Å². The first-order valence-corrected chi connectivity index (χ1v) is 7.68. The predicted molar refractivity (Wildman–Crippen MR) is 63.8 cm³/mol. The molecule has 0 unspecified atom stereocenters. The van der Waals surface area contributed by atoms with E-state index in [0.29, 0.717) is 0 Å². The molecule has 2 rings (SSSR count). The molecule has 1 aromatic carbocycles. The SMILES string of the molecule is Cl/C(=C1/CCC[Se]C1)c1ccccc1. The second kappa shape index (κ2) is 5.02. The summed E-state index contributed by atoms with van der Waals surface area (Å²) < 4.78 is 0. The fourth-order valence-electron chi connectivity index (χ4n) is 1.62. The topological polar surface area (TPSA) is 0 Å². The molecular formula is C12H13ClSe. The molecule has 14 heavy (non-hydrogen) atoms. The van der Waals surface area contributed by atoms with Gasteiger partial charge in [0.05, 0.1) is 0 Å². The van der Waals surface area contributed by atoms with Gasteiger partial charge in [0.15, 0.2) is 0 Å². The van der Waals surface area contributed by atoms with Crippen LogP contribution in [0.2, 0.25) is 10.6 Å². The van der Waals surface area contributed by atoms with Crippen molar-refractivity contribution < 1.29 is 0 Å². The van der Waals surface area contributed by atoms with Crippen LogP contribution in [0.1, 0.15) is 18.4 Å². The van der Waals surface area contributed by atoms with Crippen LogP contribution in [0.25, 0.3) is 5.03 Å². The van der Waals surface area contributed by atoms with Gasteiger partial charge in [-0.15, -0.1) is 0 Å². The Morgan fingerprint density at radius 1 is 1.21 bits per heavy atom. The molecule has 0 saturated carbocycles. The van der Waals surface area contributed by atoms with Gasteiger partial charge in [0.2, 0.25) is 0 Å². The van der Waals surface area contributed by atoms with Gasteiger partial charge in [0.1, 0.15) is 0 Å². The van der Waals surface area contributed by atoms with Gasteiger partial charge in [-0.05, 0) is 0 Å². The molecule has 1 aromatic rings. The average Bonchev–Trinajstić information content (AvgIpc) is 2.30. The van der Waals surface area contributed by atoms with E-state index in [-0.39, 0.29) is 0 Å². The molecule has 2 heteroatoms. The molecule has 0 nitrogen and oxygen atoms in total. The summed E-state index contributed by atoms with van der Waals surface area (Å²) in [7, 11) is 0. The van der Waals surface area contributed by atoms with Crippen LogP contribution >= 0.6 is 11.6 Å². The summed E-state index contributed by atoms with van der Waals surface area (Å²) in [5, 5.41) is 3.68. The third-order valence-corrected chi connectivity index (χ3v) is 5.24. The fraction of sp³-hybridized carbons (Fsp3) is 0.333. The molecule has 0 N–H and O–H groups in total. The van der Waals surface area contributed by atoms with Crippen molar-refractivity contribution in [3.63, 3.8) is 0 Å². The van der Waals surface area contributed by atoms with Gasteiger partial charge in [0, 0.05) is 0 Å². The molecule has 1 aliphatic rings. The Hall–Kier alpha value is -0.231. The Kier molecular flexibility index (Phi) is 3.69. The Morgan fingerprint density at radius 3 is 2.64 bits per heavy atom. The minimum absolute atomic E-state index is 0.794. The predicted octanol–water partition coefficient (Wildman–Crippen LogP) is 3.97. The van der Waals surface area contributed by atoms with Crippen LogP contribution in [-0.4, -0.2) is 15.0 Å². The molecule has 0 bridgehead atoms. The molecule has 0 aliphatic carbocycles. The standard InChI is InChI=1S/C12H13ClSe/c13-12(10-5-2-1-3-6-10)11-7-4-8-14-9-11/h1-3,5-6H,4,7-9H2/b12-11-. The normalized spacial score (nSPS) is 20.6. The second-order valence-corrected chi connectivity index (χ2v) is 6.14. The molecule has 0 spiro atoms. The zero-order valence-corrected chi connectivity index (χ0v) is 10.5. The van der Waals surface area contributed by atoms with E-state index in [2.05, 4.69) is 12.1 Å². The monoisotopic (exact) mass is 272 g/mol. The van der Waals surface area contributed by atoms with Crippen LogP contribution in [0, 0.1) is 0 Å². The van der Waals surface area contributed by atoms with Gasteiger partial charge in [-0.3, -0.25) is 0 Å². The first-order valence-electron chi connectivity index (χ1n) is 4.88. The summed E-state index contributed by atoms with van der Waals surface area (Å²) in [6.07, 6.45) is 2.54. The van der Waals surface area contributed by atoms with E-state index in [1.54, 1.807) is 0 Å². The molecule has 0 atom stereocenters. The Bertz CT molecular complexity index is 321. The number of hydrogen-bond donors (Lipinski definition) is 0. The molecule has 1 saturated heterocycles. The van der Waals surface area contributed by atoms with Crippen LogP contribution in [-0.2, 0) is 0 Å². The third-order valence-electron chi connectivity index (χ3n) is 2.38. The van der Waals surface area contributed by atoms with Crippen molar-refractivity contribution in [3.05, 3.63) is 41.5 Å². The van der Waals surface area contributed by atoms with Crippen LogP contribution in [0.4, 0.5) is 0 Å². The molecule has 0 radical (unpaired) electrons. The van der Waals surface area contributed by atoms with E-state index in [1.807, 2.05) is 18.2 Å². The van der Waals surface area contributed by atoms with Crippen LogP contribution in [0.5, 0.6) is 0 Å². The van der Waals surface area contributed by atoms with E-state index >= 15 is 0 Å². The Labute approximate surface area is 96.5 Å². The quantitative estimate of drug-likeness (QED) is 0.678. The van der Waals surface area contributed by atoms with Gasteiger partial charge < -0.3 is 0 Å². The molecular weight excluding hydrogens is 259 g/mol. The van der Waals surface area contributed by atoms with Crippen molar-refractivity contribution in [2.75, 3.05) is 0 Å². The van der Waals surface area contributed by atoms with E-state index in [0.717, 1.165) is 20.0 Å². The van der Waals surface area contributed by atoms with Crippen molar-refractivity contribution in [2.24, 2.45) is 0 Å². The van der Waals surface area contributed by atoms with Crippen molar-refractivity contribution >= 4 is 31.6 Å². The number of allylic oxidation sites excluding steroid dienone is 1. The van der Waals surface area contributed by atoms with Crippen LogP contribution in [0.15, 0.2) is 35.9 Å². The summed E-state index contributed by atoms with van der Waals surface area (Å²) >= 11 is 7.17. The third kappa shape index (κ3) is 2.42. The number of hydrogen-bond acceptors (Lipinski definition) is 0. The molecule has 0 amide bonds. The fourth-order valence-corrected chi connectivity index (χ4v) is 4.24. The minimum atomic E-state index is 0.794. The summed E-state index contributed by atoms with van der Waals surface area (Å²) in [5.74, 6) is 0. The van der Waals surface area contributed by atoms with Gasteiger partial charge >= 0.3 is 96.5 Å². The summed E-state index contributed by atoms with van der Waals surface area (Å²) in [4.78, 5) is 0. The molecule has 1 aliphatic heterocycles. The van der Waals surface area contributed by atoms with Crippen molar-refractivity contribution in [1.82, 2.24) is 0 Å². The summed E-state index contributed by atoms with van der Waals surface area (Å²) in [6, 6.07) is 10.3. The first kappa shape index (κ1) is 10.3. The summed E-state index contributed by atoms with van der Waals surface area (Å²) in [5.41, 5.74) is 2.66. The van der Waals surface area contributed by atoms with E-state index < -0.39 is 0 Å². The van der Waals surface area contributed by atoms with Crippen molar-refractivity contribution in [2.45, 2.75) is 23.5 Å². The average molecular weight is 272 g/mol.